The lowest BCUT2D eigenvalue weighted by atomic mass is 9.97. The normalized spacial score (nSPS) is 16.6. The Kier molecular flexibility index (Phi) is 8.00. The van der Waals surface area contributed by atoms with Gasteiger partial charge in [-0.25, -0.2) is 9.79 Å². The van der Waals surface area contributed by atoms with Crippen LogP contribution in [-0.2, 0) is 14.3 Å². The Morgan fingerprint density at radius 3 is 2.58 bits per heavy atom. The number of hydrogen-bond donors (Lipinski definition) is 2. The van der Waals surface area contributed by atoms with E-state index in [1.807, 2.05) is 30.3 Å². The quantitative estimate of drug-likeness (QED) is 0.720. The molecule has 24 heavy (non-hydrogen) atoms. The summed E-state index contributed by atoms with van der Waals surface area (Å²) in [5.41, 5.74) is 1.92. The molecule has 2 rings (SSSR count). The van der Waals surface area contributed by atoms with E-state index in [0.29, 0.717) is 16.4 Å². The minimum absolute atomic E-state index is 0. The van der Waals surface area contributed by atoms with Gasteiger partial charge in [0.05, 0.1) is 17.9 Å². The van der Waals surface area contributed by atoms with E-state index in [1.165, 1.54) is 0 Å². The molecule has 0 amide bonds. The molecule has 1 heterocycles. The van der Waals surface area contributed by atoms with Crippen LogP contribution in [0.3, 0.4) is 0 Å². The molecule has 0 aliphatic carbocycles. The third kappa shape index (κ3) is 5.10. The molecule has 0 spiro atoms. The number of carboxylic acid groups (broad SMARTS) is 1. The molecule has 1 atom stereocenters. The molecule has 0 fully saturated rings. The van der Waals surface area contributed by atoms with Crippen LogP contribution in [0.5, 0.6) is 0 Å². The van der Waals surface area contributed by atoms with Crippen molar-refractivity contribution < 1.29 is 19.4 Å². The molecule has 0 saturated heterocycles. The molecule has 8 heteroatoms. The van der Waals surface area contributed by atoms with Crippen LogP contribution in [0.25, 0.3) is 0 Å². The Labute approximate surface area is 155 Å². The fourth-order valence-electron chi connectivity index (χ4n) is 2.20. The van der Waals surface area contributed by atoms with E-state index in [2.05, 4.69) is 10.3 Å². The van der Waals surface area contributed by atoms with Gasteiger partial charge >= 0.3 is 11.9 Å². The van der Waals surface area contributed by atoms with Crippen LogP contribution < -0.4 is 5.32 Å². The number of carbonyl (C=O) groups is 2. The zero-order chi connectivity index (χ0) is 16.8. The molecule has 130 valence electrons. The van der Waals surface area contributed by atoms with Crippen molar-refractivity contribution in [2.75, 3.05) is 12.4 Å². The van der Waals surface area contributed by atoms with Crippen LogP contribution in [0.15, 0.2) is 46.6 Å². The molecule has 0 radical (unpaired) electrons. The fourth-order valence-corrected chi connectivity index (χ4v) is 2.87. The number of benzene rings is 1. The number of allylic oxidation sites excluding steroid dienone is 1. The monoisotopic (exact) mass is 414 g/mol. The smallest absolute Gasteiger partial charge is 0.338 e. The minimum Gasteiger partial charge on any atom is -0.481 e. The van der Waals surface area contributed by atoms with E-state index in [4.69, 9.17) is 9.84 Å². The van der Waals surface area contributed by atoms with Crippen molar-refractivity contribution in [3.8, 4) is 0 Å². The lowest BCUT2D eigenvalue weighted by Gasteiger charge is -2.25. The third-order valence-corrected chi connectivity index (χ3v) is 4.03. The van der Waals surface area contributed by atoms with Crippen LogP contribution >= 0.6 is 28.7 Å². The average Bonchev–Trinajstić information content (AvgIpc) is 2.53. The predicted molar refractivity (Wildman–Crippen MR) is 99.5 cm³/mol. The maximum Gasteiger partial charge on any atom is 0.338 e. The molecule has 1 aliphatic rings. The van der Waals surface area contributed by atoms with Crippen molar-refractivity contribution in [2.24, 2.45) is 4.99 Å². The van der Waals surface area contributed by atoms with Crippen molar-refractivity contribution in [3.05, 3.63) is 47.2 Å². The van der Waals surface area contributed by atoms with Crippen molar-refractivity contribution in [1.29, 1.82) is 0 Å². The number of nitrogens with zero attached hydrogens (tertiary/aromatic N) is 1. The summed E-state index contributed by atoms with van der Waals surface area (Å²) in [6.07, 6.45) is 0. The highest BCUT2D eigenvalue weighted by Gasteiger charge is 2.30. The minimum atomic E-state index is -0.923. The van der Waals surface area contributed by atoms with Gasteiger partial charge in [0.15, 0.2) is 5.17 Å². The van der Waals surface area contributed by atoms with Gasteiger partial charge in [-0.1, -0.05) is 42.1 Å². The van der Waals surface area contributed by atoms with Crippen LogP contribution in [0.4, 0.5) is 0 Å². The van der Waals surface area contributed by atoms with Gasteiger partial charge < -0.3 is 15.2 Å². The summed E-state index contributed by atoms with van der Waals surface area (Å²) in [5.74, 6) is -1.44. The summed E-state index contributed by atoms with van der Waals surface area (Å²) in [5, 5.41) is 12.3. The number of carbonyl (C=O) groups excluding carboxylic acids is 1. The molecule has 1 aromatic rings. The van der Waals surface area contributed by atoms with Crippen molar-refractivity contribution in [3.63, 3.8) is 0 Å². The molecular formula is C16H19BrN2O4S. The Balaban J connectivity index is 0.00000288. The fraction of sp³-hybridized carbons (Fsp3) is 0.312. The van der Waals surface area contributed by atoms with Crippen LogP contribution in [0, 0.1) is 0 Å². The molecule has 6 nitrogen and oxygen atoms in total. The number of esters is 1. The molecule has 0 saturated carbocycles. The summed E-state index contributed by atoms with van der Waals surface area (Å²) in [6.45, 7) is 3.79. The number of aliphatic imine (C=N–C) groups is 1. The zero-order valence-electron chi connectivity index (χ0n) is 13.3. The number of ether oxygens (including phenoxy) is 1. The summed E-state index contributed by atoms with van der Waals surface area (Å²) >= 11 is 1.09. The lowest BCUT2D eigenvalue weighted by molar-refractivity contribution is -0.139. The van der Waals surface area contributed by atoms with Crippen molar-refractivity contribution in [1.82, 2.24) is 5.32 Å². The zero-order valence-corrected chi connectivity index (χ0v) is 15.8. The van der Waals surface area contributed by atoms with E-state index in [1.54, 1.807) is 13.8 Å². The van der Waals surface area contributed by atoms with Gasteiger partial charge in [0.2, 0.25) is 0 Å². The molecule has 0 bridgehead atoms. The lowest BCUT2D eigenvalue weighted by Crippen LogP contribution is -2.31. The number of halogens is 1. The standard InChI is InChI=1S/C16H18N2O4S.BrH/c1-3-22-15(21)13-10(2)17-16(23-9-12(19)20)18-14(13)11-7-5-4-6-8-11;/h4-8,14H,3,9H2,1-2H3,(H,17,18)(H,19,20);1H. The van der Waals surface area contributed by atoms with Gasteiger partial charge in [-0.3, -0.25) is 4.79 Å². The first kappa shape index (κ1) is 20.2. The Morgan fingerprint density at radius 2 is 2.00 bits per heavy atom. The van der Waals surface area contributed by atoms with Gasteiger partial charge in [-0.05, 0) is 19.4 Å². The second kappa shape index (κ2) is 9.48. The maximum atomic E-state index is 12.3. The largest absolute Gasteiger partial charge is 0.481 e. The predicted octanol–water partition coefficient (Wildman–Crippen LogP) is 2.92. The highest BCUT2D eigenvalue weighted by atomic mass is 79.9. The second-order valence-electron chi connectivity index (χ2n) is 4.81. The van der Waals surface area contributed by atoms with Gasteiger partial charge in [0.1, 0.15) is 6.04 Å². The average molecular weight is 415 g/mol. The molecule has 1 aliphatic heterocycles. The van der Waals surface area contributed by atoms with E-state index >= 15 is 0 Å². The molecule has 0 aromatic heterocycles. The highest BCUT2D eigenvalue weighted by molar-refractivity contribution is 8.93. The van der Waals surface area contributed by atoms with Gasteiger partial charge in [-0.15, -0.1) is 17.0 Å². The Hall–Kier alpha value is -1.80. The van der Waals surface area contributed by atoms with E-state index < -0.39 is 18.0 Å². The topological polar surface area (TPSA) is 88.0 Å². The van der Waals surface area contributed by atoms with E-state index in [9.17, 15) is 9.59 Å². The number of amidine groups is 1. The SMILES string of the molecule is Br.CCOC(=O)C1=C(C)NC(SCC(=O)O)=NC1c1ccccc1. The van der Waals surface area contributed by atoms with Crippen molar-refractivity contribution >= 4 is 45.8 Å². The maximum absolute atomic E-state index is 12.3. The molecular weight excluding hydrogens is 396 g/mol. The number of nitrogens with one attached hydrogen (secondary N) is 1. The summed E-state index contributed by atoms with van der Waals surface area (Å²) in [6, 6.07) is 8.88. The third-order valence-electron chi connectivity index (χ3n) is 3.16. The molecule has 1 unspecified atom stereocenters. The first-order valence-corrected chi connectivity index (χ1v) is 8.13. The Bertz CT molecular complexity index is 661. The number of thioether (sulfide) groups is 1. The summed E-state index contributed by atoms with van der Waals surface area (Å²) in [4.78, 5) is 27.5. The number of carboxylic acids is 1. The van der Waals surface area contributed by atoms with E-state index in [-0.39, 0.29) is 29.3 Å². The number of rotatable bonds is 5. The van der Waals surface area contributed by atoms with Crippen LogP contribution in [0.2, 0.25) is 0 Å². The highest BCUT2D eigenvalue weighted by Crippen LogP contribution is 2.32. The van der Waals surface area contributed by atoms with Gasteiger partial charge in [0.25, 0.3) is 0 Å². The molecule has 2 N–H and O–H groups in total. The van der Waals surface area contributed by atoms with Crippen LogP contribution in [-0.4, -0.2) is 34.6 Å². The number of hydrogen-bond acceptors (Lipinski definition) is 6. The van der Waals surface area contributed by atoms with Gasteiger partial charge in [0, 0.05) is 5.70 Å². The Morgan fingerprint density at radius 1 is 1.33 bits per heavy atom. The second-order valence-corrected chi connectivity index (χ2v) is 5.78. The number of aliphatic carboxylic acids is 1. The van der Waals surface area contributed by atoms with E-state index in [0.717, 1.165) is 17.3 Å². The van der Waals surface area contributed by atoms with Crippen LogP contribution in [0.1, 0.15) is 25.5 Å². The van der Waals surface area contributed by atoms with Crippen molar-refractivity contribution in [2.45, 2.75) is 19.9 Å². The van der Waals surface area contributed by atoms with Gasteiger partial charge in [-0.2, -0.15) is 0 Å². The first-order chi connectivity index (χ1) is 11.0. The summed E-state index contributed by atoms with van der Waals surface area (Å²) in [7, 11) is 0. The first-order valence-electron chi connectivity index (χ1n) is 7.15. The molecule has 1 aromatic carbocycles. The summed E-state index contributed by atoms with van der Waals surface area (Å²) < 4.78 is 5.13.